The lowest BCUT2D eigenvalue weighted by molar-refractivity contribution is 0.102. The molecule has 2 heterocycles. The Kier molecular flexibility index (Phi) is 5.00. The highest BCUT2D eigenvalue weighted by molar-refractivity contribution is 6.31. The summed E-state index contributed by atoms with van der Waals surface area (Å²) in [5, 5.41) is 3.46. The van der Waals surface area contributed by atoms with Crippen LogP contribution in [-0.2, 0) is 0 Å². The van der Waals surface area contributed by atoms with E-state index in [2.05, 4.69) is 27.1 Å². The summed E-state index contributed by atoms with van der Waals surface area (Å²) in [6.07, 6.45) is 3.99. The number of aryl methyl sites for hydroxylation is 1. The molecule has 0 aliphatic carbocycles. The molecule has 24 heavy (non-hydrogen) atoms. The molecule has 0 radical (unpaired) electrons. The highest BCUT2D eigenvalue weighted by atomic mass is 35.5. The topological polar surface area (TPSA) is 58.1 Å². The predicted molar refractivity (Wildman–Crippen MR) is 96.8 cm³/mol. The van der Waals surface area contributed by atoms with Crippen LogP contribution in [-0.4, -0.2) is 29.0 Å². The molecule has 1 aliphatic rings. The van der Waals surface area contributed by atoms with Crippen molar-refractivity contribution < 1.29 is 4.79 Å². The molecular weight excluding hydrogens is 324 g/mol. The fraction of sp³-hybridized carbons (Fsp3) is 0.389. The average molecular weight is 345 g/mol. The molecule has 1 atom stereocenters. The minimum Gasteiger partial charge on any atom is -0.341 e. The van der Waals surface area contributed by atoms with Gasteiger partial charge in [-0.05, 0) is 49.4 Å². The quantitative estimate of drug-likeness (QED) is 0.916. The lowest BCUT2D eigenvalue weighted by Crippen LogP contribution is -2.35. The van der Waals surface area contributed by atoms with Gasteiger partial charge < -0.3 is 10.2 Å². The van der Waals surface area contributed by atoms with Crippen molar-refractivity contribution in [3.63, 3.8) is 0 Å². The molecule has 0 spiro atoms. The number of piperidine rings is 1. The van der Waals surface area contributed by atoms with E-state index in [1.54, 1.807) is 18.3 Å². The van der Waals surface area contributed by atoms with E-state index in [4.69, 9.17) is 11.6 Å². The Bertz CT molecular complexity index is 750. The standard InChI is InChI=1S/C18H21ClN4O/c1-12-4-3-9-23(11-12)18-20-8-7-16(22-18)17(24)21-14-6-5-13(2)15(19)10-14/h5-8,10,12H,3-4,9,11H2,1-2H3,(H,21,24). The van der Waals surface area contributed by atoms with E-state index >= 15 is 0 Å². The van der Waals surface area contributed by atoms with E-state index < -0.39 is 0 Å². The number of hydrogen-bond donors (Lipinski definition) is 1. The van der Waals surface area contributed by atoms with Crippen LogP contribution >= 0.6 is 11.6 Å². The minimum absolute atomic E-state index is 0.261. The zero-order valence-corrected chi connectivity index (χ0v) is 14.7. The maximum atomic E-state index is 12.4. The SMILES string of the molecule is Cc1ccc(NC(=O)c2ccnc(N3CCCC(C)C3)n2)cc1Cl. The molecule has 6 heteroatoms. The summed E-state index contributed by atoms with van der Waals surface area (Å²) in [5.41, 5.74) is 1.98. The van der Waals surface area contributed by atoms with Gasteiger partial charge in [-0.25, -0.2) is 9.97 Å². The van der Waals surface area contributed by atoms with Crippen molar-refractivity contribution >= 4 is 29.1 Å². The lowest BCUT2D eigenvalue weighted by Gasteiger charge is -2.30. The van der Waals surface area contributed by atoms with E-state index in [0.717, 1.165) is 25.1 Å². The van der Waals surface area contributed by atoms with Gasteiger partial charge in [0.25, 0.3) is 5.91 Å². The number of nitrogens with one attached hydrogen (secondary N) is 1. The Morgan fingerprint density at radius 3 is 2.96 bits per heavy atom. The van der Waals surface area contributed by atoms with Gasteiger partial charge >= 0.3 is 0 Å². The van der Waals surface area contributed by atoms with E-state index in [0.29, 0.717) is 28.3 Å². The zero-order chi connectivity index (χ0) is 17.1. The number of rotatable bonds is 3. The first-order valence-corrected chi connectivity index (χ1v) is 8.56. The molecule has 1 aromatic carbocycles. The van der Waals surface area contributed by atoms with Crippen molar-refractivity contribution in [1.82, 2.24) is 9.97 Å². The summed E-state index contributed by atoms with van der Waals surface area (Å²) in [6.45, 7) is 6.01. The molecule has 1 aromatic heterocycles. The third kappa shape index (κ3) is 3.85. The first-order chi connectivity index (χ1) is 11.5. The number of hydrogen-bond acceptors (Lipinski definition) is 4. The molecule has 3 rings (SSSR count). The van der Waals surface area contributed by atoms with Gasteiger partial charge in [0, 0.05) is 30.0 Å². The Hall–Kier alpha value is -2.14. The molecule has 1 fully saturated rings. The second-order valence-corrected chi connectivity index (χ2v) is 6.76. The smallest absolute Gasteiger partial charge is 0.274 e. The van der Waals surface area contributed by atoms with E-state index in [1.165, 1.54) is 6.42 Å². The Labute approximate surface area is 147 Å². The number of halogens is 1. The number of aromatic nitrogens is 2. The van der Waals surface area contributed by atoms with Gasteiger partial charge in [-0.2, -0.15) is 0 Å². The summed E-state index contributed by atoms with van der Waals surface area (Å²) in [4.78, 5) is 23.4. The second-order valence-electron chi connectivity index (χ2n) is 6.35. The molecule has 1 saturated heterocycles. The highest BCUT2D eigenvalue weighted by Gasteiger charge is 2.19. The van der Waals surface area contributed by atoms with Gasteiger partial charge in [0.1, 0.15) is 5.69 Å². The predicted octanol–water partition coefficient (Wildman–Crippen LogP) is 3.93. The van der Waals surface area contributed by atoms with E-state index in [9.17, 15) is 4.79 Å². The van der Waals surface area contributed by atoms with Crippen LogP contribution in [0.2, 0.25) is 5.02 Å². The van der Waals surface area contributed by atoms with Crippen molar-refractivity contribution in [3.05, 3.63) is 46.7 Å². The van der Waals surface area contributed by atoms with Crippen molar-refractivity contribution in [2.45, 2.75) is 26.7 Å². The van der Waals surface area contributed by atoms with Crippen LogP contribution in [0.5, 0.6) is 0 Å². The van der Waals surface area contributed by atoms with Crippen molar-refractivity contribution in [2.75, 3.05) is 23.3 Å². The summed E-state index contributed by atoms with van der Waals surface area (Å²) >= 11 is 6.10. The molecule has 2 aromatic rings. The maximum Gasteiger partial charge on any atom is 0.274 e. The largest absolute Gasteiger partial charge is 0.341 e. The summed E-state index contributed by atoms with van der Waals surface area (Å²) in [6, 6.07) is 7.07. The normalized spacial score (nSPS) is 17.6. The van der Waals surface area contributed by atoms with Crippen LogP contribution in [0.25, 0.3) is 0 Å². The molecule has 126 valence electrons. The van der Waals surface area contributed by atoms with Gasteiger partial charge in [0.15, 0.2) is 0 Å². The highest BCUT2D eigenvalue weighted by Crippen LogP contribution is 2.22. The number of amides is 1. The number of nitrogens with zero attached hydrogens (tertiary/aromatic N) is 3. The molecular formula is C18H21ClN4O. The number of anilines is 2. The molecule has 1 N–H and O–H groups in total. The van der Waals surface area contributed by atoms with Gasteiger partial charge in [-0.1, -0.05) is 24.6 Å². The van der Waals surface area contributed by atoms with Gasteiger partial charge in [-0.15, -0.1) is 0 Å². The fourth-order valence-electron chi connectivity index (χ4n) is 2.86. The van der Waals surface area contributed by atoms with Crippen LogP contribution < -0.4 is 10.2 Å². The average Bonchev–Trinajstić information content (AvgIpc) is 2.58. The lowest BCUT2D eigenvalue weighted by atomic mass is 10.0. The minimum atomic E-state index is -0.261. The van der Waals surface area contributed by atoms with E-state index in [1.807, 2.05) is 19.1 Å². The van der Waals surface area contributed by atoms with Gasteiger partial charge in [0.2, 0.25) is 5.95 Å². The van der Waals surface area contributed by atoms with Crippen LogP contribution in [0.4, 0.5) is 11.6 Å². The monoisotopic (exact) mass is 344 g/mol. The molecule has 1 amide bonds. The number of benzene rings is 1. The second kappa shape index (κ2) is 7.18. The Morgan fingerprint density at radius 1 is 1.38 bits per heavy atom. The zero-order valence-electron chi connectivity index (χ0n) is 13.9. The van der Waals surface area contributed by atoms with Crippen molar-refractivity contribution in [1.29, 1.82) is 0 Å². The fourth-order valence-corrected chi connectivity index (χ4v) is 3.04. The number of carbonyl (C=O) groups excluding carboxylic acids is 1. The third-order valence-electron chi connectivity index (χ3n) is 4.25. The van der Waals surface area contributed by atoms with Crippen LogP contribution in [0.15, 0.2) is 30.5 Å². The third-order valence-corrected chi connectivity index (χ3v) is 4.65. The maximum absolute atomic E-state index is 12.4. The van der Waals surface area contributed by atoms with Crippen LogP contribution in [0.3, 0.4) is 0 Å². The summed E-state index contributed by atoms with van der Waals surface area (Å²) in [7, 11) is 0. The molecule has 1 unspecified atom stereocenters. The number of carbonyl (C=O) groups is 1. The van der Waals surface area contributed by atoms with Crippen LogP contribution in [0, 0.1) is 12.8 Å². The molecule has 0 saturated carbocycles. The van der Waals surface area contributed by atoms with Crippen LogP contribution in [0.1, 0.15) is 35.8 Å². The van der Waals surface area contributed by atoms with Crippen molar-refractivity contribution in [2.24, 2.45) is 5.92 Å². The molecule has 1 aliphatic heterocycles. The molecule has 5 nitrogen and oxygen atoms in total. The van der Waals surface area contributed by atoms with Crippen molar-refractivity contribution in [3.8, 4) is 0 Å². The Morgan fingerprint density at radius 2 is 2.21 bits per heavy atom. The van der Waals surface area contributed by atoms with Gasteiger partial charge in [-0.3, -0.25) is 4.79 Å². The Balaban J connectivity index is 1.75. The summed E-state index contributed by atoms with van der Waals surface area (Å²) in [5.74, 6) is 0.981. The summed E-state index contributed by atoms with van der Waals surface area (Å²) < 4.78 is 0. The first-order valence-electron chi connectivity index (χ1n) is 8.18. The molecule has 0 bridgehead atoms. The first kappa shape index (κ1) is 16.7. The van der Waals surface area contributed by atoms with E-state index in [-0.39, 0.29) is 5.91 Å². The van der Waals surface area contributed by atoms with Gasteiger partial charge in [0.05, 0.1) is 0 Å².